The summed E-state index contributed by atoms with van der Waals surface area (Å²) in [6, 6.07) is 3.58. The van der Waals surface area contributed by atoms with Gasteiger partial charge < -0.3 is 5.11 Å². The van der Waals surface area contributed by atoms with Gasteiger partial charge in [-0.15, -0.1) is 11.3 Å². The van der Waals surface area contributed by atoms with Gasteiger partial charge in [-0.3, -0.25) is 0 Å². The van der Waals surface area contributed by atoms with Crippen LogP contribution in [0.5, 0.6) is 0 Å². The molecule has 0 bridgehead atoms. The van der Waals surface area contributed by atoms with Crippen molar-refractivity contribution in [1.82, 2.24) is 9.78 Å². The quantitative estimate of drug-likeness (QED) is 0.891. The van der Waals surface area contributed by atoms with E-state index in [1.165, 1.54) is 11.3 Å². The molecule has 0 fully saturated rings. The van der Waals surface area contributed by atoms with Gasteiger partial charge in [-0.05, 0) is 18.1 Å². The number of thiophene rings is 1. The summed E-state index contributed by atoms with van der Waals surface area (Å²) in [4.78, 5) is 11.1. The molecular formula is C11H12N2O2S. The van der Waals surface area contributed by atoms with Gasteiger partial charge in [-0.2, -0.15) is 5.10 Å². The van der Waals surface area contributed by atoms with Crippen molar-refractivity contribution in [3.05, 3.63) is 34.3 Å². The molecule has 0 aliphatic heterocycles. The highest BCUT2D eigenvalue weighted by atomic mass is 32.1. The maximum absolute atomic E-state index is 10.7. The van der Waals surface area contributed by atoms with Crippen LogP contribution < -0.4 is 0 Å². The monoisotopic (exact) mass is 236 g/mol. The lowest BCUT2D eigenvalue weighted by Gasteiger charge is -1.98. The zero-order valence-electron chi connectivity index (χ0n) is 9.04. The molecule has 0 aliphatic rings. The van der Waals surface area contributed by atoms with E-state index in [0.717, 1.165) is 11.4 Å². The van der Waals surface area contributed by atoms with Crippen molar-refractivity contribution in [2.24, 2.45) is 0 Å². The number of nitrogens with zero attached hydrogens (tertiary/aromatic N) is 2. The Balaban J connectivity index is 2.31. The molecule has 0 radical (unpaired) electrons. The van der Waals surface area contributed by atoms with E-state index >= 15 is 0 Å². The second-order valence-corrected chi connectivity index (χ2v) is 4.73. The van der Waals surface area contributed by atoms with Crippen LogP contribution in [0.15, 0.2) is 23.7 Å². The van der Waals surface area contributed by atoms with Gasteiger partial charge in [0.25, 0.3) is 0 Å². The van der Waals surface area contributed by atoms with Gasteiger partial charge in [0.05, 0.1) is 11.4 Å². The fraction of sp³-hybridized carbons (Fsp3) is 0.273. The Morgan fingerprint density at radius 3 is 2.81 bits per heavy atom. The lowest BCUT2D eigenvalue weighted by Crippen LogP contribution is -1.96. The number of hydrogen-bond acceptors (Lipinski definition) is 3. The number of aromatic nitrogens is 2. The molecule has 5 heteroatoms. The van der Waals surface area contributed by atoms with Gasteiger partial charge in [-0.25, -0.2) is 9.48 Å². The average Bonchev–Trinajstić information content (AvgIpc) is 2.86. The average molecular weight is 236 g/mol. The molecule has 0 aromatic carbocycles. The largest absolute Gasteiger partial charge is 0.477 e. The Morgan fingerprint density at radius 1 is 1.56 bits per heavy atom. The zero-order chi connectivity index (χ0) is 11.7. The molecule has 2 aromatic heterocycles. The van der Waals surface area contributed by atoms with Gasteiger partial charge >= 0.3 is 5.97 Å². The Kier molecular flexibility index (Phi) is 2.78. The van der Waals surface area contributed by atoms with Crippen molar-refractivity contribution in [1.29, 1.82) is 0 Å². The second kappa shape index (κ2) is 4.09. The van der Waals surface area contributed by atoms with E-state index in [-0.39, 0.29) is 0 Å². The summed E-state index contributed by atoms with van der Waals surface area (Å²) >= 11 is 1.21. The highest BCUT2D eigenvalue weighted by Gasteiger charge is 2.09. The SMILES string of the molecule is CC(C)c1ccn(-c2csc(C(=O)O)c2)n1. The fourth-order valence-electron chi connectivity index (χ4n) is 1.35. The third kappa shape index (κ3) is 1.99. The Labute approximate surface area is 97.2 Å². The Hall–Kier alpha value is -1.62. The third-order valence-corrected chi connectivity index (χ3v) is 3.17. The van der Waals surface area contributed by atoms with Gasteiger partial charge in [0.2, 0.25) is 0 Å². The molecule has 2 rings (SSSR count). The highest BCUT2D eigenvalue weighted by Crippen LogP contribution is 2.19. The number of carboxylic acids is 1. The van der Waals surface area contributed by atoms with Crippen molar-refractivity contribution in [3.63, 3.8) is 0 Å². The minimum Gasteiger partial charge on any atom is -0.477 e. The van der Waals surface area contributed by atoms with Crippen molar-refractivity contribution in [2.75, 3.05) is 0 Å². The molecule has 16 heavy (non-hydrogen) atoms. The van der Waals surface area contributed by atoms with E-state index in [2.05, 4.69) is 18.9 Å². The van der Waals surface area contributed by atoms with Crippen LogP contribution in [0.2, 0.25) is 0 Å². The minimum atomic E-state index is -0.896. The molecule has 0 saturated heterocycles. The number of carbonyl (C=O) groups is 1. The van der Waals surface area contributed by atoms with E-state index in [0.29, 0.717) is 10.8 Å². The maximum atomic E-state index is 10.7. The summed E-state index contributed by atoms with van der Waals surface area (Å²) in [7, 11) is 0. The summed E-state index contributed by atoms with van der Waals surface area (Å²) < 4.78 is 1.71. The number of hydrogen-bond donors (Lipinski definition) is 1. The van der Waals surface area contributed by atoms with Crippen molar-refractivity contribution >= 4 is 17.3 Å². The maximum Gasteiger partial charge on any atom is 0.345 e. The smallest absolute Gasteiger partial charge is 0.345 e. The molecule has 0 aliphatic carbocycles. The molecule has 84 valence electrons. The van der Waals surface area contributed by atoms with Crippen LogP contribution in [0.25, 0.3) is 5.69 Å². The molecule has 2 heterocycles. The van der Waals surface area contributed by atoms with Crippen LogP contribution in [-0.2, 0) is 0 Å². The van der Waals surface area contributed by atoms with E-state index < -0.39 is 5.97 Å². The molecule has 1 N–H and O–H groups in total. The summed E-state index contributed by atoms with van der Waals surface area (Å²) in [6.07, 6.45) is 1.85. The lowest BCUT2D eigenvalue weighted by atomic mass is 10.1. The summed E-state index contributed by atoms with van der Waals surface area (Å²) in [5.41, 5.74) is 1.80. The van der Waals surface area contributed by atoms with E-state index in [1.807, 2.05) is 12.3 Å². The molecule has 0 unspecified atom stereocenters. The van der Waals surface area contributed by atoms with Gasteiger partial charge in [-0.1, -0.05) is 13.8 Å². The van der Waals surface area contributed by atoms with Crippen molar-refractivity contribution in [3.8, 4) is 5.69 Å². The minimum absolute atomic E-state index is 0.330. The predicted octanol–water partition coefficient (Wildman–Crippen LogP) is 2.76. The molecule has 0 atom stereocenters. The number of aromatic carboxylic acids is 1. The first-order chi connectivity index (χ1) is 7.58. The fourth-order valence-corrected chi connectivity index (χ4v) is 2.06. The second-order valence-electron chi connectivity index (χ2n) is 3.81. The lowest BCUT2D eigenvalue weighted by molar-refractivity contribution is 0.0702. The number of rotatable bonds is 3. The van der Waals surface area contributed by atoms with Crippen LogP contribution in [0.3, 0.4) is 0 Å². The molecule has 0 spiro atoms. The first kappa shape index (κ1) is 10.9. The van der Waals surface area contributed by atoms with Crippen molar-refractivity contribution in [2.45, 2.75) is 19.8 Å². The first-order valence-corrected chi connectivity index (χ1v) is 5.83. The molecule has 4 nitrogen and oxygen atoms in total. The summed E-state index contributed by atoms with van der Waals surface area (Å²) in [5, 5.41) is 15.0. The molecule has 0 amide bonds. The van der Waals surface area contributed by atoms with Crippen LogP contribution in [0.4, 0.5) is 0 Å². The van der Waals surface area contributed by atoms with Gasteiger partial charge in [0.15, 0.2) is 0 Å². The predicted molar refractivity (Wildman–Crippen MR) is 62.5 cm³/mol. The van der Waals surface area contributed by atoms with Crippen molar-refractivity contribution < 1.29 is 9.90 Å². The Morgan fingerprint density at radius 2 is 2.31 bits per heavy atom. The normalized spacial score (nSPS) is 10.9. The van der Waals surface area contributed by atoms with Gasteiger partial charge in [0.1, 0.15) is 4.88 Å². The van der Waals surface area contributed by atoms with E-state index in [1.54, 1.807) is 16.1 Å². The molecule has 2 aromatic rings. The first-order valence-electron chi connectivity index (χ1n) is 4.95. The Bertz CT molecular complexity index is 514. The van der Waals surface area contributed by atoms with Crippen LogP contribution in [0, 0.1) is 0 Å². The third-order valence-electron chi connectivity index (χ3n) is 2.26. The summed E-state index contributed by atoms with van der Waals surface area (Å²) in [6.45, 7) is 4.14. The molecular weight excluding hydrogens is 224 g/mol. The topological polar surface area (TPSA) is 55.1 Å². The number of carboxylic acid groups (broad SMARTS) is 1. The van der Waals surface area contributed by atoms with Gasteiger partial charge in [0, 0.05) is 11.6 Å². The van der Waals surface area contributed by atoms with Crippen LogP contribution in [0.1, 0.15) is 35.1 Å². The van der Waals surface area contributed by atoms with Crippen LogP contribution >= 0.6 is 11.3 Å². The zero-order valence-corrected chi connectivity index (χ0v) is 9.86. The highest BCUT2D eigenvalue weighted by molar-refractivity contribution is 7.12. The standard InChI is InChI=1S/C11H12N2O2S/c1-7(2)9-3-4-13(12-9)8-5-10(11(14)15)16-6-8/h3-7H,1-2H3,(H,14,15). The van der Waals surface area contributed by atoms with E-state index in [4.69, 9.17) is 5.11 Å². The molecule has 0 saturated carbocycles. The van der Waals surface area contributed by atoms with Crippen LogP contribution in [-0.4, -0.2) is 20.9 Å². The van der Waals surface area contributed by atoms with E-state index in [9.17, 15) is 4.79 Å². The summed E-state index contributed by atoms with van der Waals surface area (Å²) in [5.74, 6) is -0.522.